The summed E-state index contributed by atoms with van der Waals surface area (Å²) < 4.78 is 2.58. The highest BCUT2D eigenvalue weighted by molar-refractivity contribution is 14.1. The Bertz CT molecular complexity index is 967. The fraction of sp³-hybridized carbons (Fsp3) is 0. The van der Waals surface area contributed by atoms with Crippen LogP contribution in [0.5, 0.6) is 5.75 Å². The van der Waals surface area contributed by atoms with E-state index in [2.05, 4.69) is 34.3 Å². The lowest BCUT2D eigenvalue weighted by molar-refractivity contribution is 0.475. The molecule has 3 rings (SSSR count). The van der Waals surface area contributed by atoms with Gasteiger partial charge in [0, 0.05) is 3.57 Å². The molecule has 0 fully saturated rings. The minimum Gasteiger partial charge on any atom is -0.508 e. The summed E-state index contributed by atoms with van der Waals surface area (Å²) in [6.45, 7) is 3.90. The molecule has 4 nitrogen and oxygen atoms in total. The van der Waals surface area contributed by atoms with Crippen molar-refractivity contribution in [1.29, 1.82) is 0 Å². The maximum atomic E-state index is 12.6. The first kappa shape index (κ1) is 14.6. The third-order valence-electron chi connectivity index (χ3n) is 3.29. The van der Waals surface area contributed by atoms with Crippen LogP contribution in [-0.4, -0.2) is 14.9 Å². The van der Waals surface area contributed by atoms with Crippen LogP contribution in [0.4, 0.5) is 0 Å². The number of phenols is 1. The minimum atomic E-state index is -0.153. The number of hydrogen-bond donors (Lipinski definition) is 2. The van der Waals surface area contributed by atoms with Crippen LogP contribution in [0, 0.1) is 3.57 Å². The lowest BCUT2D eigenvalue weighted by atomic mass is 10.2. The van der Waals surface area contributed by atoms with Gasteiger partial charge in [-0.15, -0.1) is 0 Å². The van der Waals surface area contributed by atoms with Crippen molar-refractivity contribution in [1.82, 2.24) is 9.78 Å². The molecule has 0 unspecified atom stereocenters. The van der Waals surface area contributed by atoms with E-state index in [-0.39, 0.29) is 11.3 Å². The number of nitrogens with one attached hydrogen (secondary N) is 1. The first-order valence-electron chi connectivity index (χ1n) is 6.61. The second kappa shape index (κ2) is 5.84. The van der Waals surface area contributed by atoms with Crippen LogP contribution in [0.25, 0.3) is 18.3 Å². The largest absolute Gasteiger partial charge is 0.508 e. The molecule has 0 bridgehead atoms. The fourth-order valence-corrected chi connectivity index (χ4v) is 2.51. The molecule has 110 valence electrons. The second-order valence-corrected chi connectivity index (χ2v) is 6.10. The summed E-state index contributed by atoms with van der Waals surface area (Å²) in [5.74, 6) is 0.192. The summed E-state index contributed by atoms with van der Waals surface area (Å²) in [6, 6.07) is 14.3. The van der Waals surface area contributed by atoms with Crippen molar-refractivity contribution in [2.45, 2.75) is 0 Å². The predicted molar refractivity (Wildman–Crippen MR) is 95.6 cm³/mol. The van der Waals surface area contributed by atoms with E-state index >= 15 is 0 Å². The van der Waals surface area contributed by atoms with E-state index in [0.717, 1.165) is 14.8 Å². The maximum absolute atomic E-state index is 12.6. The van der Waals surface area contributed by atoms with Crippen molar-refractivity contribution in [3.8, 4) is 11.4 Å². The molecule has 2 aromatic carbocycles. The third-order valence-corrected chi connectivity index (χ3v) is 4.01. The van der Waals surface area contributed by atoms with Gasteiger partial charge >= 0.3 is 0 Å². The number of hydrogen-bond acceptors (Lipinski definition) is 2. The zero-order valence-electron chi connectivity index (χ0n) is 11.6. The molecule has 0 saturated heterocycles. The molecule has 0 aliphatic rings. The van der Waals surface area contributed by atoms with Crippen molar-refractivity contribution in [2.75, 3.05) is 0 Å². The van der Waals surface area contributed by atoms with Crippen molar-refractivity contribution in [3.63, 3.8) is 0 Å². The number of rotatable bonds is 2. The van der Waals surface area contributed by atoms with Crippen LogP contribution in [0.1, 0.15) is 5.56 Å². The standard InChI is InChI=1S/C17H13IN2O2/c1-11-16(10-12-2-8-15(21)9-3-12)17(22)20(19-11)14-6-4-13(18)5-7-14/h2-10,19,21H,1H2. The Morgan fingerprint density at radius 1 is 1.09 bits per heavy atom. The van der Waals surface area contributed by atoms with Gasteiger partial charge in [0.1, 0.15) is 5.75 Å². The van der Waals surface area contributed by atoms with E-state index in [1.54, 1.807) is 30.3 Å². The summed E-state index contributed by atoms with van der Waals surface area (Å²) in [4.78, 5) is 12.6. The van der Waals surface area contributed by atoms with E-state index in [0.29, 0.717) is 10.6 Å². The first-order chi connectivity index (χ1) is 10.5. The lowest BCUT2D eigenvalue weighted by Gasteiger charge is -2.00. The summed E-state index contributed by atoms with van der Waals surface area (Å²) in [5.41, 5.74) is 1.44. The fourth-order valence-electron chi connectivity index (χ4n) is 2.15. The number of H-pyrrole nitrogens is 1. The summed E-state index contributed by atoms with van der Waals surface area (Å²) >= 11 is 2.22. The topological polar surface area (TPSA) is 58.0 Å². The molecule has 0 atom stereocenters. The first-order valence-corrected chi connectivity index (χ1v) is 7.69. The highest BCUT2D eigenvalue weighted by Crippen LogP contribution is 2.10. The van der Waals surface area contributed by atoms with E-state index in [1.807, 2.05) is 24.3 Å². The number of nitrogens with zero attached hydrogens (tertiary/aromatic N) is 1. The number of halogens is 1. The summed E-state index contributed by atoms with van der Waals surface area (Å²) in [7, 11) is 0. The Kier molecular flexibility index (Phi) is 3.89. The van der Waals surface area contributed by atoms with Crippen LogP contribution in [0.2, 0.25) is 0 Å². The van der Waals surface area contributed by atoms with Gasteiger partial charge in [-0.3, -0.25) is 9.89 Å². The summed E-state index contributed by atoms with van der Waals surface area (Å²) in [6.07, 6.45) is 1.75. The van der Waals surface area contributed by atoms with Crippen molar-refractivity contribution in [3.05, 3.63) is 78.6 Å². The van der Waals surface area contributed by atoms with Crippen molar-refractivity contribution < 1.29 is 5.11 Å². The van der Waals surface area contributed by atoms with Gasteiger partial charge in [0.05, 0.1) is 16.3 Å². The van der Waals surface area contributed by atoms with Crippen LogP contribution in [0.3, 0.4) is 0 Å². The van der Waals surface area contributed by atoms with Gasteiger partial charge in [0.25, 0.3) is 5.56 Å². The van der Waals surface area contributed by atoms with Gasteiger partial charge in [-0.1, -0.05) is 18.7 Å². The monoisotopic (exact) mass is 404 g/mol. The minimum absolute atomic E-state index is 0.153. The SMILES string of the molecule is C=c1[nH]n(-c2ccc(I)cc2)c(=O)c1=Cc1ccc(O)cc1. The average Bonchev–Trinajstić information content (AvgIpc) is 2.78. The van der Waals surface area contributed by atoms with Crippen LogP contribution < -0.4 is 16.1 Å². The Hall–Kier alpha value is -2.28. The van der Waals surface area contributed by atoms with Gasteiger partial charge in [-0.2, -0.15) is 0 Å². The molecule has 1 aromatic heterocycles. The van der Waals surface area contributed by atoms with Crippen LogP contribution in [0.15, 0.2) is 53.3 Å². The van der Waals surface area contributed by atoms with Gasteiger partial charge in [0.2, 0.25) is 0 Å². The van der Waals surface area contributed by atoms with Crippen molar-refractivity contribution >= 4 is 35.2 Å². The van der Waals surface area contributed by atoms with E-state index < -0.39 is 0 Å². The highest BCUT2D eigenvalue weighted by Gasteiger charge is 2.04. The number of aromatic nitrogens is 2. The molecule has 5 heteroatoms. The molecule has 3 aromatic rings. The van der Waals surface area contributed by atoms with Gasteiger partial charge < -0.3 is 5.11 Å². The Morgan fingerprint density at radius 3 is 2.36 bits per heavy atom. The maximum Gasteiger partial charge on any atom is 0.279 e. The molecule has 0 amide bonds. The van der Waals surface area contributed by atoms with Gasteiger partial charge in [-0.05, 0) is 70.6 Å². The van der Waals surface area contributed by atoms with Crippen LogP contribution >= 0.6 is 22.6 Å². The molecule has 0 aliphatic carbocycles. The van der Waals surface area contributed by atoms with Gasteiger partial charge in [0.15, 0.2) is 0 Å². The summed E-state index contributed by atoms with van der Waals surface area (Å²) in [5, 5.41) is 13.4. The average molecular weight is 404 g/mol. The second-order valence-electron chi connectivity index (χ2n) is 4.86. The van der Waals surface area contributed by atoms with Gasteiger partial charge in [-0.25, -0.2) is 4.68 Å². The molecule has 22 heavy (non-hydrogen) atoms. The lowest BCUT2D eigenvalue weighted by Crippen LogP contribution is -2.33. The molecule has 0 radical (unpaired) electrons. The molecular formula is C17H13IN2O2. The number of phenolic OH excluding ortho intramolecular Hbond substituents is 1. The van der Waals surface area contributed by atoms with E-state index in [1.165, 1.54) is 4.68 Å². The quantitative estimate of drug-likeness (QED) is 0.640. The molecule has 0 spiro atoms. The Labute approximate surface area is 140 Å². The normalized spacial score (nSPS) is 11.8. The molecule has 0 saturated carbocycles. The molecule has 2 N–H and O–H groups in total. The number of aromatic hydroxyl groups is 1. The number of benzene rings is 2. The van der Waals surface area contributed by atoms with Crippen molar-refractivity contribution in [2.24, 2.45) is 0 Å². The Balaban J connectivity index is 2.15. The Morgan fingerprint density at radius 2 is 1.73 bits per heavy atom. The molecule has 0 aliphatic heterocycles. The van der Waals surface area contributed by atoms with Crippen LogP contribution in [-0.2, 0) is 0 Å². The van der Waals surface area contributed by atoms with E-state index in [9.17, 15) is 9.90 Å². The zero-order valence-corrected chi connectivity index (χ0v) is 13.7. The zero-order chi connectivity index (χ0) is 15.7. The molecular weight excluding hydrogens is 391 g/mol. The highest BCUT2D eigenvalue weighted by atomic mass is 127. The van der Waals surface area contributed by atoms with E-state index in [4.69, 9.17) is 0 Å². The predicted octanol–water partition coefficient (Wildman–Crippen LogP) is 1.71. The number of aromatic amines is 1. The smallest absolute Gasteiger partial charge is 0.279 e. The third kappa shape index (κ3) is 2.85. The molecule has 1 heterocycles.